The van der Waals surface area contributed by atoms with Gasteiger partial charge in [0.25, 0.3) is 0 Å². The molecule has 6 N–H and O–H groups in total. The van der Waals surface area contributed by atoms with Gasteiger partial charge in [0.1, 0.15) is 41.9 Å². The van der Waals surface area contributed by atoms with Crippen molar-refractivity contribution >= 4 is 0 Å². The van der Waals surface area contributed by atoms with E-state index < -0.39 is 61.9 Å². The zero-order valence-corrected chi connectivity index (χ0v) is 18.4. The molecule has 2 aliphatic heterocycles. The van der Waals surface area contributed by atoms with Gasteiger partial charge in [-0.1, -0.05) is 0 Å². The zero-order chi connectivity index (χ0) is 24.3. The van der Waals surface area contributed by atoms with Crippen molar-refractivity contribution in [1.29, 1.82) is 0 Å². The van der Waals surface area contributed by atoms with Crippen molar-refractivity contribution in [3.05, 3.63) is 12.1 Å². The molecule has 0 unspecified atom stereocenters. The number of rotatable bonds is 9. The zero-order valence-electron chi connectivity index (χ0n) is 18.4. The quantitative estimate of drug-likeness (QED) is 0.216. The van der Waals surface area contributed by atoms with Gasteiger partial charge in [-0.15, -0.1) is 0 Å². The van der Waals surface area contributed by atoms with E-state index in [0.29, 0.717) is 5.75 Å². The van der Waals surface area contributed by atoms with E-state index in [9.17, 15) is 30.6 Å². The number of aliphatic hydroxyl groups excluding tert-OH is 5. The smallest absolute Gasteiger partial charge is 0.229 e. The Balaban J connectivity index is 1.71. The minimum Gasteiger partial charge on any atom is -0.493 e. The second-order valence-corrected chi connectivity index (χ2v) is 7.71. The van der Waals surface area contributed by atoms with E-state index in [2.05, 4.69) is 0 Å². The largest absolute Gasteiger partial charge is 0.493 e. The highest BCUT2D eigenvalue weighted by molar-refractivity contribution is 5.55. The van der Waals surface area contributed by atoms with Crippen LogP contribution in [0.5, 0.6) is 23.0 Å². The van der Waals surface area contributed by atoms with Crippen molar-refractivity contribution in [2.45, 2.75) is 48.7 Å². The Morgan fingerprint density at radius 3 is 2.09 bits per heavy atom. The first-order chi connectivity index (χ1) is 15.7. The van der Waals surface area contributed by atoms with Crippen molar-refractivity contribution in [3.8, 4) is 23.0 Å². The average Bonchev–Trinajstić information content (AvgIpc) is 3.11. The van der Waals surface area contributed by atoms with Gasteiger partial charge < -0.3 is 63.8 Å². The Hall–Kier alpha value is -1.94. The standard InChI is InChI=1S/C20H30O13/c1-27-10-4-9(5-11(28-2)16(10)29-3)32-18-15(24)14(23)13(22)12(33-18)6-30-19-17(25)20(26,7-21)8-31-19/h4-5,12-15,17-19,21-26H,6-8H2,1-3H3/t12-,13-,14+,15-,17+,18-,19-,20-/m1/s1. The van der Waals surface area contributed by atoms with Crippen LogP contribution in [0.4, 0.5) is 0 Å². The van der Waals surface area contributed by atoms with Gasteiger partial charge in [0.15, 0.2) is 17.8 Å². The molecule has 2 aliphatic rings. The van der Waals surface area contributed by atoms with Crippen molar-refractivity contribution in [2.75, 3.05) is 41.2 Å². The number of ether oxygens (including phenoxy) is 7. The molecule has 188 valence electrons. The van der Waals surface area contributed by atoms with Gasteiger partial charge in [-0.3, -0.25) is 0 Å². The first-order valence-corrected chi connectivity index (χ1v) is 10.1. The molecule has 0 radical (unpaired) electrons. The topological polar surface area (TPSA) is 186 Å². The molecule has 0 amide bonds. The van der Waals surface area contributed by atoms with E-state index in [4.69, 9.17) is 33.2 Å². The molecule has 2 heterocycles. The lowest BCUT2D eigenvalue weighted by Crippen LogP contribution is -2.60. The molecule has 1 aromatic carbocycles. The Labute approximate surface area is 189 Å². The maximum Gasteiger partial charge on any atom is 0.229 e. The highest BCUT2D eigenvalue weighted by Gasteiger charge is 2.50. The Morgan fingerprint density at radius 1 is 0.939 bits per heavy atom. The van der Waals surface area contributed by atoms with E-state index in [1.165, 1.54) is 33.5 Å². The van der Waals surface area contributed by atoms with Gasteiger partial charge in [0, 0.05) is 12.1 Å². The molecule has 8 atom stereocenters. The molecule has 2 fully saturated rings. The van der Waals surface area contributed by atoms with Crippen LogP contribution in [-0.4, -0.2) is 120 Å². The van der Waals surface area contributed by atoms with E-state index in [1.54, 1.807) is 0 Å². The summed E-state index contributed by atoms with van der Waals surface area (Å²) in [6.45, 7) is -1.51. The monoisotopic (exact) mass is 478 g/mol. The van der Waals surface area contributed by atoms with E-state index in [1.807, 2.05) is 0 Å². The van der Waals surface area contributed by atoms with Crippen LogP contribution in [-0.2, 0) is 14.2 Å². The average molecular weight is 478 g/mol. The summed E-state index contributed by atoms with van der Waals surface area (Å²) in [5.74, 6) is 1.03. The minimum atomic E-state index is -1.88. The summed E-state index contributed by atoms with van der Waals surface area (Å²) in [6.07, 6.45) is -10.3. The molecule has 0 bridgehead atoms. The van der Waals surface area contributed by atoms with Crippen molar-refractivity contribution in [3.63, 3.8) is 0 Å². The molecule has 0 saturated carbocycles. The summed E-state index contributed by atoms with van der Waals surface area (Å²) in [7, 11) is 4.26. The third-order valence-electron chi connectivity index (χ3n) is 5.56. The number of aliphatic hydroxyl groups is 6. The SMILES string of the molecule is COc1cc(O[C@@H]2O[C@H](CO[C@@H]3OC[C@](O)(CO)[C@H]3O)[C@@H](O)[C@H](O)[C@H]2O)cc(OC)c1OC. The first kappa shape index (κ1) is 25.7. The van der Waals surface area contributed by atoms with Gasteiger partial charge in [-0.05, 0) is 0 Å². The lowest BCUT2D eigenvalue weighted by Gasteiger charge is -2.40. The van der Waals surface area contributed by atoms with Gasteiger partial charge in [-0.25, -0.2) is 0 Å². The Bertz CT molecular complexity index is 766. The third kappa shape index (κ3) is 5.11. The maximum absolute atomic E-state index is 10.3. The lowest BCUT2D eigenvalue weighted by atomic mass is 9.99. The van der Waals surface area contributed by atoms with Crippen LogP contribution in [0.15, 0.2) is 12.1 Å². The molecule has 13 nitrogen and oxygen atoms in total. The summed E-state index contributed by atoms with van der Waals surface area (Å²) >= 11 is 0. The van der Waals surface area contributed by atoms with Crippen molar-refractivity contribution in [2.24, 2.45) is 0 Å². The summed E-state index contributed by atoms with van der Waals surface area (Å²) in [5, 5.41) is 60.2. The first-order valence-electron chi connectivity index (χ1n) is 10.1. The van der Waals surface area contributed by atoms with E-state index in [0.717, 1.165) is 0 Å². The molecule has 0 aromatic heterocycles. The fraction of sp³-hybridized carbons (Fsp3) is 0.700. The molecular formula is C20H30O13. The summed E-state index contributed by atoms with van der Waals surface area (Å²) in [5.41, 5.74) is -1.88. The minimum absolute atomic E-state index is 0.152. The van der Waals surface area contributed by atoms with Crippen LogP contribution in [0.2, 0.25) is 0 Å². The number of hydrogen-bond acceptors (Lipinski definition) is 13. The molecule has 1 aromatic rings. The highest BCUT2D eigenvalue weighted by Crippen LogP contribution is 2.41. The molecular weight excluding hydrogens is 448 g/mol. The summed E-state index contributed by atoms with van der Waals surface area (Å²) in [6, 6.07) is 2.91. The van der Waals surface area contributed by atoms with Gasteiger partial charge in [0.2, 0.25) is 12.0 Å². The Kier molecular flexibility index (Phi) is 8.21. The van der Waals surface area contributed by atoms with Crippen LogP contribution < -0.4 is 18.9 Å². The summed E-state index contributed by atoms with van der Waals surface area (Å²) in [4.78, 5) is 0. The van der Waals surface area contributed by atoms with Gasteiger partial charge >= 0.3 is 0 Å². The predicted octanol–water partition coefficient (Wildman–Crippen LogP) is -2.64. The molecule has 33 heavy (non-hydrogen) atoms. The normalized spacial score (nSPS) is 36.5. The molecule has 2 saturated heterocycles. The van der Waals surface area contributed by atoms with Gasteiger partial charge in [-0.2, -0.15) is 0 Å². The molecule has 3 rings (SSSR count). The Morgan fingerprint density at radius 2 is 1.58 bits per heavy atom. The fourth-order valence-electron chi connectivity index (χ4n) is 3.54. The lowest BCUT2D eigenvalue weighted by molar-refractivity contribution is -0.289. The molecule has 0 aliphatic carbocycles. The van der Waals surface area contributed by atoms with Crippen molar-refractivity contribution in [1.82, 2.24) is 0 Å². The third-order valence-corrected chi connectivity index (χ3v) is 5.56. The number of methoxy groups -OCH3 is 3. The van der Waals surface area contributed by atoms with Crippen LogP contribution in [0.1, 0.15) is 0 Å². The highest BCUT2D eigenvalue weighted by atomic mass is 16.7. The van der Waals surface area contributed by atoms with Crippen LogP contribution in [0.25, 0.3) is 0 Å². The molecule has 0 spiro atoms. The number of benzene rings is 1. The van der Waals surface area contributed by atoms with Crippen LogP contribution >= 0.6 is 0 Å². The second-order valence-electron chi connectivity index (χ2n) is 7.71. The number of hydrogen-bond donors (Lipinski definition) is 6. The predicted molar refractivity (Wildman–Crippen MR) is 107 cm³/mol. The van der Waals surface area contributed by atoms with E-state index >= 15 is 0 Å². The maximum atomic E-state index is 10.3. The molecule has 13 heteroatoms. The van der Waals surface area contributed by atoms with Crippen molar-refractivity contribution < 1.29 is 63.8 Å². The van der Waals surface area contributed by atoms with Gasteiger partial charge in [0.05, 0.1) is 41.2 Å². The van der Waals surface area contributed by atoms with E-state index in [-0.39, 0.29) is 23.9 Å². The fourth-order valence-corrected chi connectivity index (χ4v) is 3.54. The second kappa shape index (κ2) is 10.5. The van der Waals surface area contributed by atoms with Crippen LogP contribution in [0, 0.1) is 0 Å². The van der Waals surface area contributed by atoms with Crippen LogP contribution in [0.3, 0.4) is 0 Å². The summed E-state index contributed by atoms with van der Waals surface area (Å²) < 4.78 is 37.5.